The van der Waals surface area contributed by atoms with Crippen molar-refractivity contribution in [2.75, 3.05) is 7.11 Å². The third kappa shape index (κ3) is 8.63. The molecule has 0 fully saturated rings. The van der Waals surface area contributed by atoms with E-state index in [1.54, 1.807) is 7.11 Å². The van der Waals surface area contributed by atoms with Gasteiger partial charge in [0.1, 0.15) is 28.7 Å². The van der Waals surface area contributed by atoms with Crippen LogP contribution in [0.4, 0.5) is 0 Å². The Morgan fingerprint density at radius 2 is 0.729 bits per heavy atom. The Hall–Kier alpha value is -2.46. The van der Waals surface area contributed by atoms with Crippen LogP contribution in [0.5, 0.6) is 28.7 Å². The summed E-state index contributed by atoms with van der Waals surface area (Å²) < 4.78 is 21.8. The topological polar surface area (TPSA) is 27.7 Å². The minimum atomic E-state index is -0.313. The number of ether oxygens (including phenoxy) is 3. The Morgan fingerprint density at radius 3 is 1.04 bits per heavy atom. The summed E-state index contributed by atoms with van der Waals surface area (Å²) in [6, 6.07) is 11.0. The summed E-state index contributed by atoms with van der Waals surface area (Å²) in [6.07, 6.45) is 0. The Labute approximate surface area is 302 Å². The highest BCUT2D eigenvalue weighted by Gasteiger charge is 2.37. The Kier molecular flexibility index (Phi) is 10.8. The zero-order valence-electron chi connectivity index (χ0n) is 34.0. The van der Waals surface area contributed by atoms with Crippen LogP contribution in [0.25, 0.3) is 0 Å². The van der Waals surface area contributed by atoms with E-state index in [0.717, 1.165) is 61.0 Å². The molecule has 0 aromatic heterocycles. The van der Waals surface area contributed by atoms with Gasteiger partial charge in [-0.05, 0) is 75.3 Å². The quantitative estimate of drug-likeness (QED) is 0.263. The number of halogens is 1. The zero-order chi connectivity index (χ0) is 37.2. The van der Waals surface area contributed by atoms with Crippen LogP contribution in [0.3, 0.4) is 0 Å². The molecular formula is C44H65BrO3. The molecule has 48 heavy (non-hydrogen) atoms. The maximum absolute atomic E-state index is 7.51. The summed E-state index contributed by atoms with van der Waals surface area (Å²) in [5.41, 5.74) is 6.72. The molecule has 4 heteroatoms. The van der Waals surface area contributed by atoms with E-state index in [1.807, 2.05) is 0 Å². The molecule has 3 aromatic rings. The van der Waals surface area contributed by atoms with Crippen LogP contribution in [-0.4, -0.2) is 7.11 Å². The normalized spacial score (nSPS) is 13.5. The van der Waals surface area contributed by atoms with Crippen molar-refractivity contribution in [2.45, 2.75) is 164 Å². The maximum atomic E-state index is 7.51. The van der Waals surface area contributed by atoms with Crippen molar-refractivity contribution in [3.8, 4) is 28.7 Å². The van der Waals surface area contributed by atoms with Crippen LogP contribution in [0.1, 0.15) is 164 Å². The van der Waals surface area contributed by atoms with Gasteiger partial charge in [0.05, 0.1) is 7.11 Å². The van der Waals surface area contributed by atoms with Gasteiger partial charge in [0.15, 0.2) is 0 Å². The van der Waals surface area contributed by atoms with Gasteiger partial charge in [-0.2, -0.15) is 0 Å². The summed E-state index contributed by atoms with van der Waals surface area (Å²) in [5, 5.41) is 0. The first-order valence-corrected chi connectivity index (χ1v) is 18.3. The third-order valence-electron chi connectivity index (χ3n) is 8.97. The molecule has 0 aliphatic carbocycles. The molecular weight excluding hydrogens is 656 g/mol. The van der Waals surface area contributed by atoms with E-state index < -0.39 is 0 Å². The van der Waals surface area contributed by atoms with Crippen LogP contribution < -0.4 is 14.2 Å². The maximum Gasteiger partial charge on any atom is 0.138 e. The number of methoxy groups -OCH3 is 1. The van der Waals surface area contributed by atoms with Crippen LogP contribution in [0.15, 0.2) is 34.8 Å². The van der Waals surface area contributed by atoms with E-state index in [-0.39, 0.29) is 32.5 Å². The van der Waals surface area contributed by atoms with Crippen molar-refractivity contribution < 1.29 is 14.2 Å². The minimum absolute atomic E-state index is 0.147. The Morgan fingerprint density at radius 1 is 0.417 bits per heavy atom. The van der Waals surface area contributed by atoms with E-state index in [1.165, 1.54) is 11.1 Å². The largest absolute Gasteiger partial charge is 0.497 e. The lowest BCUT2D eigenvalue weighted by Gasteiger charge is -2.36. The average Bonchev–Trinajstić information content (AvgIpc) is 2.87. The van der Waals surface area contributed by atoms with Crippen molar-refractivity contribution in [1.29, 1.82) is 0 Å². The van der Waals surface area contributed by atoms with E-state index in [0.29, 0.717) is 0 Å². The molecule has 0 heterocycles. The zero-order valence-corrected chi connectivity index (χ0v) is 35.6. The van der Waals surface area contributed by atoms with Crippen LogP contribution in [0.2, 0.25) is 0 Å². The third-order valence-corrected chi connectivity index (χ3v) is 9.43. The lowest BCUT2D eigenvalue weighted by Crippen LogP contribution is -2.24. The SMILES string of the molecule is COc1cc(C(C)(C)C)c(Oc2c(C(C)(C)C)cc(C)c(Oc3c(C(C)(C)C)cc(Br)cc3C(C)(C)C)c2C(C)(C)C)c(C(C)(C)C)c1. The molecule has 0 aliphatic rings. The van der Waals surface area contributed by atoms with Gasteiger partial charge >= 0.3 is 0 Å². The molecule has 3 nitrogen and oxygen atoms in total. The lowest BCUT2D eigenvalue weighted by atomic mass is 9.77. The second-order valence-electron chi connectivity index (χ2n) is 19.9. The number of benzene rings is 3. The number of aryl methyl sites for hydroxylation is 1. The molecule has 0 N–H and O–H groups in total. The van der Waals surface area contributed by atoms with Gasteiger partial charge in [0, 0.05) is 37.9 Å². The van der Waals surface area contributed by atoms with Gasteiger partial charge in [-0.3, -0.25) is 0 Å². The monoisotopic (exact) mass is 720 g/mol. The summed E-state index contributed by atoms with van der Waals surface area (Å²) in [4.78, 5) is 0. The van der Waals surface area contributed by atoms with Crippen LogP contribution >= 0.6 is 15.9 Å². The van der Waals surface area contributed by atoms with Gasteiger partial charge < -0.3 is 14.2 Å². The lowest BCUT2D eigenvalue weighted by molar-refractivity contribution is 0.376. The predicted molar refractivity (Wildman–Crippen MR) is 211 cm³/mol. The molecule has 0 saturated carbocycles. The smallest absolute Gasteiger partial charge is 0.138 e. The van der Waals surface area contributed by atoms with Gasteiger partial charge in [-0.25, -0.2) is 0 Å². The average molecular weight is 722 g/mol. The molecule has 0 spiro atoms. The van der Waals surface area contributed by atoms with Gasteiger partial charge in [-0.1, -0.05) is 141 Å². The molecule has 0 aliphatic heterocycles. The second kappa shape index (κ2) is 13.0. The van der Waals surface area contributed by atoms with Crippen molar-refractivity contribution in [3.63, 3.8) is 0 Å². The summed E-state index contributed by atoms with van der Waals surface area (Å²) >= 11 is 3.83. The van der Waals surface area contributed by atoms with Gasteiger partial charge in [0.25, 0.3) is 0 Å². The van der Waals surface area contributed by atoms with Crippen molar-refractivity contribution >= 4 is 15.9 Å². The summed E-state index contributed by atoms with van der Waals surface area (Å²) in [6.45, 7) is 42.8. The van der Waals surface area contributed by atoms with E-state index in [9.17, 15) is 0 Å². The minimum Gasteiger partial charge on any atom is -0.497 e. The highest BCUT2D eigenvalue weighted by atomic mass is 79.9. The van der Waals surface area contributed by atoms with Crippen LogP contribution in [0, 0.1) is 6.92 Å². The standard InChI is InChI=1S/C44H65BrO3/c1-26-21-29(39(2,3)4)38(48-37-32(42(11,12)13)24-28(46-20)25-33(37)43(14,15)16)34(44(17,18)19)35(26)47-36-30(40(5,6)7)22-27(45)23-31(36)41(8,9)10/h21-25H,1-20H3. The molecule has 0 unspecified atom stereocenters. The molecule has 3 rings (SSSR count). The highest BCUT2D eigenvalue weighted by Crippen LogP contribution is 2.54. The Balaban J connectivity index is 2.60. The molecule has 0 bridgehead atoms. The number of rotatable bonds is 5. The number of hydrogen-bond donors (Lipinski definition) is 0. The first-order chi connectivity index (χ1) is 21.4. The summed E-state index contributed by atoms with van der Waals surface area (Å²) in [7, 11) is 1.74. The number of hydrogen-bond acceptors (Lipinski definition) is 3. The van der Waals surface area contributed by atoms with Crippen molar-refractivity contribution in [1.82, 2.24) is 0 Å². The molecule has 0 saturated heterocycles. The summed E-state index contributed by atoms with van der Waals surface area (Å²) in [5.74, 6) is 4.42. The Bertz CT molecular complexity index is 1580. The first-order valence-electron chi connectivity index (χ1n) is 17.5. The van der Waals surface area contributed by atoms with Crippen molar-refractivity contribution in [2.24, 2.45) is 0 Å². The van der Waals surface area contributed by atoms with Crippen molar-refractivity contribution in [3.05, 3.63) is 73.7 Å². The van der Waals surface area contributed by atoms with Gasteiger partial charge in [-0.15, -0.1) is 0 Å². The predicted octanol–water partition coefficient (Wildman–Crippen LogP) is 14.1. The fraction of sp³-hybridized carbons (Fsp3) is 0.591. The first kappa shape index (κ1) is 40.0. The van der Waals surface area contributed by atoms with Crippen LogP contribution in [-0.2, 0) is 32.5 Å². The molecule has 3 aromatic carbocycles. The van der Waals surface area contributed by atoms with E-state index >= 15 is 0 Å². The molecule has 266 valence electrons. The molecule has 0 amide bonds. The fourth-order valence-electron chi connectivity index (χ4n) is 6.22. The second-order valence-corrected chi connectivity index (χ2v) is 20.8. The highest BCUT2D eigenvalue weighted by molar-refractivity contribution is 9.10. The van der Waals surface area contributed by atoms with E-state index in [4.69, 9.17) is 14.2 Å². The van der Waals surface area contributed by atoms with Gasteiger partial charge in [0.2, 0.25) is 0 Å². The molecule has 0 atom stereocenters. The molecule has 0 radical (unpaired) electrons. The van der Waals surface area contributed by atoms with E-state index in [2.05, 4.69) is 178 Å². The fourth-order valence-corrected chi connectivity index (χ4v) is 6.68.